The summed E-state index contributed by atoms with van der Waals surface area (Å²) < 4.78 is 79.7. The summed E-state index contributed by atoms with van der Waals surface area (Å²) >= 11 is 0. The molecular formula is C21H11F6NO2. The van der Waals surface area contributed by atoms with Crippen molar-refractivity contribution in [2.75, 3.05) is 0 Å². The van der Waals surface area contributed by atoms with Gasteiger partial charge < -0.3 is 9.67 Å². The highest BCUT2D eigenvalue weighted by Gasteiger charge is 2.32. The second-order valence-corrected chi connectivity index (χ2v) is 6.65. The van der Waals surface area contributed by atoms with Crippen molar-refractivity contribution in [1.29, 1.82) is 0 Å². The topological polar surface area (TPSA) is 42.2 Å². The number of aromatic nitrogens is 1. The molecule has 9 heteroatoms. The molecule has 0 aliphatic carbocycles. The summed E-state index contributed by atoms with van der Waals surface area (Å²) in [6, 6.07) is 11.1. The Morgan fingerprint density at radius 2 is 1.20 bits per heavy atom. The van der Waals surface area contributed by atoms with Crippen molar-refractivity contribution < 1.29 is 36.2 Å². The van der Waals surface area contributed by atoms with E-state index in [-0.39, 0.29) is 16.3 Å². The summed E-state index contributed by atoms with van der Waals surface area (Å²) in [5.41, 5.74) is -0.923. The normalized spacial score (nSPS) is 12.6. The Kier molecular flexibility index (Phi) is 4.30. The molecule has 3 nitrogen and oxygen atoms in total. The molecule has 4 rings (SSSR count). The first-order chi connectivity index (χ1) is 14.0. The van der Waals surface area contributed by atoms with E-state index in [1.165, 1.54) is 41.0 Å². The Morgan fingerprint density at radius 3 is 1.73 bits per heavy atom. The van der Waals surface area contributed by atoms with Gasteiger partial charge >= 0.3 is 18.3 Å². The Hall–Kier alpha value is -3.49. The van der Waals surface area contributed by atoms with Crippen LogP contribution in [-0.4, -0.2) is 15.6 Å². The van der Waals surface area contributed by atoms with Gasteiger partial charge in [-0.25, -0.2) is 4.79 Å². The zero-order chi connectivity index (χ0) is 21.8. The van der Waals surface area contributed by atoms with Gasteiger partial charge in [-0.1, -0.05) is 0 Å². The summed E-state index contributed by atoms with van der Waals surface area (Å²) in [6.07, 6.45) is -9.14. The van der Waals surface area contributed by atoms with E-state index in [0.29, 0.717) is 16.7 Å². The number of hydrogen-bond acceptors (Lipinski definition) is 1. The molecule has 0 bridgehead atoms. The highest BCUT2D eigenvalue weighted by atomic mass is 19.4. The Labute approximate surface area is 164 Å². The van der Waals surface area contributed by atoms with Gasteiger partial charge in [-0.2, -0.15) is 26.3 Å². The Bertz CT molecular complexity index is 1280. The smallest absolute Gasteiger partial charge is 0.416 e. The SMILES string of the molecule is O=C(O)c1ccc2c(c1)c1cc(C(F)(F)F)ccc1n2-c1ccc(C(F)(F)F)cc1. The quantitative estimate of drug-likeness (QED) is 0.373. The lowest BCUT2D eigenvalue weighted by Crippen LogP contribution is -2.05. The van der Waals surface area contributed by atoms with Crippen LogP contribution < -0.4 is 0 Å². The van der Waals surface area contributed by atoms with Gasteiger partial charge in [0.1, 0.15) is 0 Å². The number of hydrogen-bond donors (Lipinski definition) is 1. The maximum atomic E-state index is 13.2. The largest absolute Gasteiger partial charge is 0.478 e. The van der Waals surface area contributed by atoms with Crippen LogP contribution in [0.1, 0.15) is 21.5 Å². The fourth-order valence-corrected chi connectivity index (χ4v) is 3.41. The molecule has 0 aliphatic heterocycles. The molecule has 0 saturated carbocycles. The number of nitrogens with zero attached hydrogens (tertiary/aromatic N) is 1. The highest BCUT2D eigenvalue weighted by molar-refractivity contribution is 6.11. The Balaban J connectivity index is 2.04. The van der Waals surface area contributed by atoms with Gasteiger partial charge in [0.2, 0.25) is 0 Å². The minimum Gasteiger partial charge on any atom is -0.478 e. The van der Waals surface area contributed by atoms with Crippen molar-refractivity contribution in [1.82, 2.24) is 4.57 Å². The average molecular weight is 423 g/mol. The number of carbonyl (C=O) groups is 1. The van der Waals surface area contributed by atoms with Gasteiger partial charge in [0.15, 0.2) is 0 Å². The summed E-state index contributed by atoms with van der Waals surface area (Å²) in [5, 5.41) is 9.63. The third-order valence-corrected chi connectivity index (χ3v) is 4.79. The van der Waals surface area contributed by atoms with Crippen LogP contribution in [0.15, 0.2) is 60.7 Å². The Morgan fingerprint density at radius 1 is 0.700 bits per heavy atom. The van der Waals surface area contributed by atoms with Crippen molar-refractivity contribution in [2.45, 2.75) is 12.4 Å². The van der Waals surface area contributed by atoms with Gasteiger partial charge in [0, 0.05) is 16.5 Å². The number of rotatable bonds is 2. The number of carboxylic acids is 1. The molecule has 1 N–H and O–H groups in total. The highest BCUT2D eigenvalue weighted by Crippen LogP contribution is 2.38. The zero-order valence-corrected chi connectivity index (χ0v) is 14.8. The van der Waals surface area contributed by atoms with E-state index in [2.05, 4.69) is 0 Å². The lowest BCUT2D eigenvalue weighted by atomic mass is 10.1. The standard InChI is InChI=1S/C21H11F6NO2/c22-20(23,24)12-2-5-14(6-3-12)28-17-7-1-11(19(29)30)9-15(17)16-10-13(21(25,26)27)4-8-18(16)28/h1-10H,(H,29,30). The molecule has 154 valence electrons. The molecule has 0 amide bonds. The third-order valence-electron chi connectivity index (χ3n) is 4.79. The van der Waals surface area contributed by atoms with E-state index < -0.39 is 29.4 Å². The summed E-state index contributed by atoms with van der Waals surface area (Å²) in [5.74, 6) is -1.25. The maximum absolute atomic E-state index is 13.2. The summed E-state index contributed by atoms with van der Waals surface area (Å²) in [6.45, 7) is 0. The van der Waals surface area contributed by atoms with Gasteiger partial charge in [0.05, 0.1) is 27.7 Å². The van der Waals surface area contributed by atoms with Crippen LogP contribution in [0.25, 0.3) is 27.5 Å². The zero-order valence-electron chi connectivity index (χ0n) is 14.8. The number of fused-ring (bicyclic) bond motifs is 3. The van der Waals surface area contributed by atoms with Crippen molar-refractivity contribution >= 4 is 27.8 Å². The first-order valence-corrected chi connectivity index (χ1v) is 8.53. The van der Waals surface area contributed by atoms with Crippen LogP contribution in [0.3, 0.4) is 0 Å². The maximum Gasteiger partial charge on any atom is 0.416 e. The van der Waals surface area contributed by atoms with Crippen LogP contribution in [0.5, 0.6) is 0 Å². The van der Waals surface area contributed by atoms with Crippen LogP contribution in [-0.2, 0) is 12.4 Å². The van der Waals surface area contributed by atoms with Crippen molar-refractivity contribution in [2.24, 2.45) is 0 Å². The van der Waals surface area contributed by atoms with Crippen LogP contribution in [0.4, 0.5) is 26.3 Å². The predicted molar refractivity (Wildman–Crippen MR) is 97.7 cm³/mol. The van der Waals surface area contributed by atoms with Gasteiger partial charge in [-0.3, -0.25) is 0 Å². The fourth-order valence-electron chi connectivity index (χ4n) is 3.41. The molecule has 0 aliphatic rings. The number of benzene rings is 3. The van der Waals surface area contributed by atoms with Crippen molar-refractivity contribution in [3.63, 3.8) is 0 Å². The van der Waals surface area contributed by atoms with Gasteiger partial charge in [-0.05, 0) is 60.7 Å². The minimum absolute atomic E-state index is 0.119. The molecule has 0 unspecified atom stereocenters. The fraction of sp³-hybridized carbons (Fsp3) is 0.0952. The van der Waals surface area contributed by atoms with E-state index in [0.717, 1.165) is 24.3 Å². The van der Waals surface area contributed by atoms with Crippen LogP contribution in [0.2, 0.25) is 0 Å². The monoisotopic (exact) mass is 423 g/mol. The lowest BCUT2D eigenvalue weighted by molar-refractivity contribution is -0.138. The van der Waals surface area contributed by atoms with Crippen LogP contribution in [0, 0.1) is 0 Å². The molecule has 0 fully saturated rings. The molecule has 3 aromatic carbocycles. The number of halogens is 6. The van der Waals surface area contributed by atoms with E-state index in [4.69, 9.17) is 0 Å². The molecule has 0 saturated heterocycles. The number of carboxylic acid groups (broad SMARTS) is 1. The number of aromatic carboxylic acids is 1. The third kappa shape index (κ3) is 3.26. The first kappa shape index (κ1) is 19.8. The average Bonchev–Trinajstić information content (AvgIpc) is 2.99. The molecular weight excluding hydrogens is 412 g/mol. The molecule has 4 aromatic rings. The molecule has 30 heavy (non-hydrogen) atoms. The minimum atomic E-state index is -4.61. The van der Waals surface area contributed by atoms with Crippen LogP contribution >= 0.6 is 0 Å². The molecule has 0 atom stereocenters. The van der Waals surface area contributed by atoms with Gasteiger partial charge in [0.25, 0.3) is 0 Å². The second kappa shape index (κ2) is 6.51. The van der Waals surface area contributed by atoms with Crippen molar-refractivity contribution in [3.05, 3.63) is 77.4 Å². The lowest BCUT2D eigenvalue weighted by Gasteiger charge is -2.11. The number of alkyl halides is 6. The summed E-state index contributed by atoms with van der Waals surface area (Å²) in [4.78, 5) is 11.3. The molecule has 0 spiro atoms. The van der Waals surface area contributed by atoms with E-state index in [1.54, 1.807) is 0 Å². The molecule has 1 heterocycles. The first-order valence-electron chi connectivity index (χ1n) is 8.53. The van der Waals surface area contributed by atoms with E-state index in [9.17, 15) is 36.2 Å². The van der Waals surface area contributed by atoms with Gasteiger partial charge in [-0.15, -0.1) is 0 Å². The summed E-state index contributed by atoms with van der Waals surface area (Å²) in [7, 11) is 0. The van der Waals surface area contributed by atoms with E-state index >= 15 is 0 Å². The molecule has 1 aromatic heterocycles. The van der Waals surface area contributed by atoms with E-state index in [1.807, 2.05) is 0 Å². The molecule has 0 radical (unpaired) electrons. The second-order valence-electron chi connectivity index (χ2n) is 6.65. The predicted octanol–water partition coefficient (Wildman–Crippen LogP) is 6.52. The van der Waals surface area contributed by atoms with Crippen molar-refractivity contribution in [3.8, 4) is 5.69 Å².